The lowest BCUT2D eigenvalue weighted by Crippen LogP contribution is -2.62. The van der Waals surface area contributed by atoms with E-state index in [9.17, 15) is 0 Å². The maximum atomic E-state index is 2.95. The summed E-state index contributed by atoms with van der Waals surface area (Å²) in [5.41, 5.74) is 0.884. The van der Waals surface area contributed by atoms with Crippen molar-refractivity contribution in [1.29, 1.82) is 0 Å². The van der Waals surface area contributed by atoms with Gasteiger partial charge in [-0.25, -0.2) is 0 Å². The predicted molar refractivity (Wildman–Crippen MR) is 76.3 cm³/mol. The fourth-order valence-electron chi connectivity index (χ4n) is 3.16. The summed E-state index contributed by atoms with van der Waals surface area (Å²) in [5.74, 6) is 0. The molecule has 0 fully saturated rings. The molecule has 91 valence electrons. The van der Waals surface area contributed by atoms with Gasteiger partial charge in [-0.15, -0.1) is 0 Å². The molecule has 0 amide bonds. The van der Waals surface area contributed by atoms with Gasteiger partial charge in [0.2, 0.25) is 0 Å². The number of hydrogen-bond donors (Lipinski definition) is 0. The van der Waals surface area contributed by atoms with Crippen LogP contribution in [0.1, 0.15) is 41.5 Å². The van der Waals surface area contributed by atoms with Gasteiger partial charge in [0.15, 0.2) is 0 Å². The third-order valence-corrected chi connectivity index (χ3v) is 14.0. The smallest absolute Gasteiger partial charge is 0.123 e. The Morgan fingerprint density at radius 2 is 1.40 bits per heavy atom. The molecule has 0 aliphatic carbocycles. The van der Waals surface area contributed by atoms with Gasteiger partial charge in [-0.3, -0.25) is 0 Å². The van der Waals surface area contributed by atoms with E-state index in [4.69, 9.17) is 0 Å². The van der Waals surface area contributed by atoms with Crippen LogP contribution in [0.2, 0.25) is 30.7 Å². The first-order chi connectivity index (χ1) is 6.83. The van der Waals surface area contributed by atoms with E-state index in [0.29, 0.717) is 0 Å². The highest BCUT2D eigenvalue weighted by molar-refractivity contribution is 6.86. The number of hydrogen-bond acceptors (Lipinski definition) is 1. The Morgan fingerprint density at radius 1 is 1.00 bits per heavy atom. The zero-order valence-corrected chi connectivity index (χ0v) is 14.0. The second kappa shape index (κ2) is 6.21. The molecular weight excluding hydrogens is 214 g/mol. The minimum absolute atomic E-state index is 0.303. The van der Waals surface area contributed by atoms with Gasteiger partial charge in [0, 0.05) is 0 Å². The first-order valence-corrected chi connectivity index (χ1v) is 11.3. The molecule has 0 aliphatic heterocycles. The molecule has 0 aromatic heterocycles. The molecule has 0 bridgehead atoms. The average Bonchev–Trinajstić information content (AvgIpc) is 2.11. The largest absolute Gasteiger partial charge is 0.344 e. The minimum atomic E-state index is -1.20. The van der Waals surface area contributed by atoms with Crippen LogP contribution >= 0.6 is 0 Å². The van der Waals surface area contributed by atoms with Crippen LogP contribution in [-0.2, 0) is 0 Å². The summed E-state index contributed by atoms with van der Waals surface area (Å²) in [6.07, 6.45) is 0. The highest BCUT2D eigenvalue weighted by Gasteiger charge is 2.41. The summed E-state index contributed by atoms with van der Waals surface area (Å²) in [4.78, 5) is 0. The second-order valence-corrected chi connectivity index (χ2v) is 13.5. The molecule has 0 unspecified atom stereocenters. The highest BCUT2D eigenvalue weighted by Crippen LogP contribution is 2.34. The van der Waals surface area contributed by atoms with E-state index in [1.54, 1.807) is 0 Å². The Hall–Kier alpha value is 0.394. The van der Waals surface area contributed by atoms with Crippen molar-refractivity contribution in [2.24, 2.45) is 0 Å². The van der Waals surface area contributed by atoms with Gasteiger partial charge in [0.25, 0.3) is 0 Å². The molecule has 0 N–H and O–H groups in total. The lowest BCUT2D eigenvalue weighted by atomic mass is 10.4. The maximum absolute atomic E-state index is 2.95. The molecular formula is C12H30NSi2. The maximum Gasteiger partial charge on any atom is 0.123 e. The standard InChI is InChI=1S/C12H30NSi2/c1-9-15(10-2,12(5)6)13(11(3)4)14(7)8/h11-12H,9-10H2,1-8H3. The van der Waals surface area contributed by atoms with E-state index in [0.717, 1.165) is 11.6 Å². The molecule has 0 spiro atoms. The number of rotatable bonds is 6. The van der Waals surface area contributed by atoms with Gasteiger partial charge in [0.1, 0.15) is 17.2 Å². The minimum Gasteiger partial charge on any atom is -0.344 e. The van der Waals surface area contributed by atoms with Crippen LogP contribution in [0.5, 0.6) is 0 Å². The third-order valence-electron chi connectivity index (χ3n) is 3.78. The zero-order valence-electron chi connectivity index (χ0n) is 12.0. The normalized spacial score (nSPS) is 13.6. The van der Waals surface area contributed by atoms with Crippen LogP contribution in [0.3, 0.4) is 0 Å². The quantitative estimate of drug-likeness (QED) is 0.628. The topological polar surface area (TPSA) is 3.24 Å². The molecule has 1 radical (unpaired) electrons. The summed E-state index contributed by atoms with van der Waals surface area (Å²) in [6.45, 7) is 19.4. The van der Waals surface area contributed by atoms with E-state index in [-0.39, 0.29) is 8.96 Å². The summed E-state index contributed by atoms with van der Waals surface area (Å²) >= 11 is 0. The SMILES string of the molecule is CC[Si](CC)(C(C)C)N(C(C)C)[Si](C)C. The second-order valence-electron chi connectivity index (χ2n) is 5.38. The summed E-state index contributed by atoms with van der Waals surface area (Å²) in [7, 11) is -1.50. The molecule has 0 aromatic rings. The van der Waals surface area contributed by atoms with Crippen LogP contribution in [0.4, 0.5) is 0 Å². The summed E-state index contributed by atoms with van der Waals surface area (Å²) in [6, 6.07) is 3.56. The molecule has 0 aromatic carbocycles. The van der Waals surface area contributed by atoms with Crippen molar-refractivity contribution in [1.82, 2.24) is 4.23 Å². The first-order valence-electron chi connectivity index (χ1n) is 6.42. The van der Waals surface area contributed by atoms with Crippen molar-refractivity contribution in [2.75, 3.05) is 0 Å². The van der Waals surface area contributed by atoms with Crippen LogP contribution in [0.25, 0.3) is 0 Å². The Bertz CT molecular complexity index is 166. The van der Waals surface area contributed by atoms with Crippen molar-refractivity contribution in [3.05, 3.63) is 0 Å². The zero-order chi connectivity index (χ0) is 12.2. The molecule has 0 atom stereocenters. The molecule has 0 saturated carbocycles. The lowest BCUT2D eigenvalue weighted by molar-refractivity contribution is 0.496. The van der Waals surface area contributed by atoms with E-state index in [1.165, 1.54) is 12.1 Å². The Labute approximate surface area is 100 Å². The van der Waals surface area contributed by atoms with E-state index < -0.39 is 8.24 Å². The molecule has 3 heteroatoms. The van der Waals surface area contributed by atoms with E-state index in [2.05, 4.69) is 58.9 Å². The van der Waals surface area contributed by atoms with Crippen molar-refractivity contribution in [3.8, 4) is 0 Å². The van der Waals surface area contributed by atoms with E-state index in [1.807, 2.05) is 0 Å². The van der Waals surface area contributed by atoms with Crippen LogP contribution in [0.15, 0.2) is 0 Å². The molecule has 15 heavy (non-hydrogen) atoms. The van der Waals surface area contributed by atoms with Gasteiger partial charge >= 0.3 is 0 Å². The van der Waals surface area contributed by atoms with E-state index >= 15 is 0 Å². The van der Waals surface area contributed by atoms with Crippen molar-refractivity contribution in [3.63, 3.8) is 0 Å². The Balaban J connectivity index is 5.16. The van der Waals surface area contributed by atoms with Crippen LogP contribution in [-0.4, -0.2) is 27.5 Å². The van der Waals surface area contributed by atoms with Gasteiger partial charge in [-0.1, -0.05) is 54.6 Å². The van der Waals surface area contributed by atoms with Crippen LogP contribution in [0, 0.1) is 0 Å². The number of nitrogens with zero attached hydrogens (tertiary/aromatic N) is 1. The first kappa shape index (κ1) is 15.4. The van der Waals surface area contributed by atoms with Crippen molar-refractivity contribution < 1.29 is 0 Å². The lowest BCUT2D eigenvalue weighted by Gasteiger charge is -2.49. The molecule has 0 rings (SSSR count). The van der Waals surface area contributed by atoms with Gasteiger partial charge in [-0.05, 0) is 23.7 Å². The fraction of sp³-hybridized carbons (Fsp3) is 1.00. The highest BCUT2D eigenvalue weighted by atomic mass is 28.4. The molecule has 0 aliphatic rings. The molecule has 0 heterocycles. The van der Waals surface area contributed by atoms with Gasteiger partial charge in [-0.2, -0.15) is 0 Å². The van der Waals surface area contributed by atoms with Crippen molar-refractivity contribution >= 4 is 17.2 Å². The van der Waals surface area contributed by atoms with Crippen LogP contribution < -0.4 is 0 Å². The van der Waals surface area contributed by atoms with Gasteiger partial charge in [0.05, 0.1) is 0 Å². The molecule has 1 nitrogen and oxygen atoms in total. The Morgan fingerprint density at radius 3 is 1.47 bits per heavy atom. The van der Waals surface area contributed by atoms with Gasteiger partial charge < -0.3 is 4.23 Å². The monoisotopic (exact) mass is 244 g/mol. The Kier molecular flexibility index (Phi) is 6.37. The third kappa shape index (κ3) is 3.17. The fourth-order valence-corrected chi connectivity index (χ4v) is 13.9. The molecule has 0 saturated heterocycles. The van der Waals surface area contributed by atoms with Crippen molar-refractivity contribution in [2.45, 2.75) is 78.3 Å². The summed E-state index contributed by atoms with van der Waals surface area (Å²) in [5, 5.41) is 0. The predicted octanol–water partition coefficient (Wildman–Crippen LogP) is 4.34. The summed E-state index contributed by atoms with van der Waals surface area (Å²) < 4.78 is 2.95. The average molecular weight is 245 g/mol.